The molecule has 176 valence electrons. The van der Waals surface area contributed by atoms with E-state index in [0.29, 0.717) is 29.1 Å². The molecule has 6 unspecified atom stereocenters. The molecule has 4 rings (SSSR count). The molecule has 0 amide bonds. The van der Waals surface area contributed by atoms with Gasteiger partial charge in [0.1, 0.15) is 6.10 Å². The number of hydrogen-bond acceptors (Lipinski definition) is 2. The first-order valence-electron chi connectivity index (χ1n) is 13.1. The van der Waals surface area contributed by atoms with Crippen LogP contribution in [0.25, 0.3) is 0 Å². The van der Waals surface area contributed by atoms with Gasteiger partial charge in [-0.2, -0.15) is 0 Å². The first-order valence-corrected chi connectivity index (χ1v) is 13.1. The summed E-state index contributed by atoms with van der Waals surface area (Å²) in [4.78, 5) is 11.5. The average molecular weight is 437 g/mol. The largest absolute Gasteiger partial charge is 0.462 e. The summed E-state index contributed by atoms with van der Waals surface area (Å²) in [5, 5.41) is 0. The number of carbonyl (C=O) groups excluding carboxylic acids is 1. The third-order valence-corrected chi connectivity index (χ3v) is 9.51. The Bertz CT molecular complexity index is 895. The summed E-state index contributed by atoms with van der Waals surface area (Å²) in [7, 11) is 0. The lowest BCUT2D eigenvalue weighted by molar-refractivity contribution is -0.146. The predicted molar refractivity (Wildman–Crippen MR) is 133 cm³/mol. The van der Waals surface area contributed by atoms with E-state index in [1.54, 1.807) is 16.7 Å². The van der Waals surface area contributed by atoms with Crippen molar-refractivity contribution in [2.75, 3.05) is 0 Å². The molecule has 0 aliphatic heterocycles. The molecule has 1 fully saturated rings. The average Bonchev–Trinajstić information content (AvgIpc) is 3.09. The highest BCUT2D eigenvalue weighted by Crippen LogP contribution is 2.61. The number of rotatable bonds is 5. The van der Waals surface area contributed by atoms with Gasteiger partial charge in [0.05, 0.1) is 0 Å². The molecule has 2 heteroatoms. The molecular formula is C30H44O2. The van der Waals surface area contributed by atoms with E-state index in [4.69, 9.17) is 4.74 Å². The zero-order valence-electron chi connectivity index (χ0n) is 21.5. The Kier molecular flexibility index (Phi) is 6.63. The molecule has 1 aromatic rings. The van der Waals surface area contributed by atoms with Gasteiger partial charge in [-0.05, 0) is 108 Å². The van der Waals surface area contributed by atoms with Crippen LogP contribution < -0.4 is 0 Å². The van der Waals surface area contributed by atoms with E-state index in [0.717, 1.165) is 25.2 Å². The first kappa shape index (κ1) is 23.6. The monoisotopic (exact) mass is 436 g/mol. The fraction of sp³-hybridized carbons (Fsp3) is 0.700. The first-order chi connectivity index (χ1) is 15.1. The number of hydrogen-bond donors (Lipinski definition) is 0. The molecule has 1 aromatic carbocycles. The standard InChI is InChI=1S/C30H44O2/c1-18(2)19(3)8-9-20(4)28-12-13-29-27-16-21(5)26-17-23(32-22(6)31)10-11-24(26)25(27)14-15-30(28,29)7/h8-9,16,18-20,23,28-29H,10-15,17H2,1-7H3. The summed E-state index contributed by atoms with van der Waals surface area (Å²) in [6, 6.07) is 2.52. The Morgan fingerprint density at radius 3 is 2.50 bits per heavy atom. The van der Waals surface area contributed by atoms with Gasteiger partial charge in [-0.3, -0.25) is 4.79 Å². The van der Waals surface area contributed by atoms with Crippen molar-refractivity contribution in [2.24, 2.45) is 29.1 Å². The van der Waals surface area contributed by atoms with Crippen molar-refractivity contribution >= 4 is 5.97 Å². The Labute approximate surface area is 196 Å². The number of aryl methyl sites for hydroxylation is 1. The van der Waals surface area contributed by atoms with Gasteiger partial charge >= 0.3 is 5.97 Å². The van der Waals surface area contributed by atoms with Crippen LogP contribution in [0.5, 0.6) is 0 Å². The van der Waals surface area contributed by atoms with E-state index in [9.17, 15) is 4.79 Å². The molecular weight excluding hydrogens is 392 g/mol. The van der Waals surface area contributed by atoms with Gasteiger partial charge < -0.3 is 4.74 Å². The molecule has 0 heterocycles. The molecule has 3 aliphatic rings. The van der Waals surface area contributed by atoms with Crippen LogP contribution >= 0.6 is 0 Å². The van der Waals surface area contributed by atoms with Gasteiger partial charge in [-0.15, -0.1) is 0 Å². The zero-order chi connectivity index (χ0) is 23.2. The fourth-order valence-corrected chi connectivity index (χ4v) is 7.26. The van der Waals surface area contributed by atoms with Gasteiger partial charge in [0.15, 0.2) is 0 Å². The van der Waals surface area contributed by atoms with E-state index in [1.807, 2.05) is 0 Å². The van der Waals surface area contributed by atoms with Crippen LogP contribution in [0.1, 0.15) is 101 Å². The smallest absolute Gasteiger partial charge is 0.302 e. The summed E-state index contributed by atoms with van der Waals surface area (Å²) in [5.74, 6) is 3.34. The molecule has 1 saturated carbocycles. The Morgan fingerprint density at radius 1 is 1.06 bits per heavy atom. The maximum Gasteiger partial charge on any atom is 0.302 e. The normalized spacial score (nSPS) is 31.2. The maximum atomic E-state index is 11.5. The van der Waals surface area contributed by atoms with E-state index in [2.05, 4.69) is 59.8 Å². The third kappa shape index (κ3) is 4.19. The Hall–Kier alpha value is -1.57. The van der Waals surface area contributed by atoms with E-state index >= 15 is 0 Å². The minimum absolute atomic E-state index is 0.0577. The SMILES string of the molecule is CC(=O)OC1CCc2c(c(C)cc3c2CCC2(C)C3CCC2C(C)C=CC(C)C(C)C)C1. The lowest BCUT2D eigenvalue weighted by atomic mass is 9.60. The number of ether oxygens (including phenoxy) is 1. The molecule has 0 saturated heterocycles. The maximum absolute atomic E-state index is 11.5. The van der Waals surface area contributed by atoms with Crippen LogP contribution in [0, 0.1) is 36.0 Å². The molecule has 3 aliphatic carbocycles. The predicted octanol–water partition coefficient (Wildman–Crippen LogP) is 7.35. The molecule has 0 aromatic heterocycles. The number of fused-ring (bicyclic) bond motifs is 5. The second kappa shape index (κ2) is 8.99. The number of carbonyl (C=O) groups is 1. The molecule has 2 nitrogen and oxygen atoms in total. The molecule has 0 N–H and O–H groups in total. The van der Waals surface area contributed by atoms with Crippen molar-refractivity contribution < 1.29 is 9.53 Å². The number of allylic oxidation sites excluding steroid dienone is 2. The van der Waals surface area contributed by atoms with Crippen LogP contribution in [0.4, 0.5) is 0 Å². The van der Waals surface area contributed by atoms with Crippen molar-refractivity contribution in [1.82, 2.24) is 0 Å². The zero-order valence-corrected chi connectivity index (χ0v) is 21.5. The van der Waals surface area contributed by atoms with Crippen LogP contribution in [-0.2, 0) is 28.8 Å². The highest BCUT2D eigenvalue weighted by Gasteiger charge is 2.51. The fourth-order valence-electron chi connectivity index (χ4n) is 7.26. The quantitative estimate of drug-likeness (QED) is 0.356. The van der Waals surface area contributed by atoms with E-state index < -0.39 is 0 Å². The number of benzene rings is 1. The minimum Gasteiger partial charge on any atom is -0.462 e. The lowest BCUT2D eigenvalue weighted by Crippen LogP contribution is -2.36. The summed E-state index contributed by atoms with van der Waals surface area (Å²) in [6.45, 7) is 15.9. The van der Waals surface area contributed by atoms with Crippen LogP contribution in [0.3, 0.4) is 0 Å². The van der Waals surface area contributed by atoms with Crippen molar-refractivity contribution in [3.8, 4) is 0 Å². The lowest BCUT2D eigenvalue weighted by Gasteiger charge is -2.45. The summed E-state index contributed by atoms with van der Waals surface area (Å²) < 4.78 is 5.58. The summed E-state index contributed by atoms with van der Waals surface area (Å²) in [5.41, 5.74) is 8.22. The third-order valence-electron chi connectivity index (χ3n) is 9.51. The van der Waals surface area contributed by atoms with Gasteiger partial charge in [0.25, 0.3) is 0 Å². The van der Waals surface area contributed by atoms with Crippen LogP contribution in [0.15, 0.2) is 18.2 Å². The van der Waals surface area contributed by atoms with Crippen LogP contribution in [-0.4, -0.2) is 12.1 Å². The molecule has 0 spiro atoms. The Morgan fingerprint density at radius 2 is 1.81 bits per heavy atom. The van der Waals surface area contributed by atoms with Crippen molar-refractivity contribution in [1.29, 1.82) is 0 Å². The van der Waals surface area contributed by atoms with E-state index in [-0.39, 0.29) is 12.1 Å². The Balaban J connectivity index is 1.59. The van der Waals surface area contributed by atoms with Gasteiger partial charge in [0.2, 0.25) is 0 Å². The van der Waals surface area contributed by atoms with Gasteiger partial charge in [-0.25, -0.2) is 0 Å². The highest BCUT2D eigenvalue weighted by atomic mass is 16.5. The second-order valence-corrected chi connectivity index (χ2v) is 11.8. The minimum atomic E-state index is -0.146. The summed E-state index contributed by atoms with van der Waals surface area (Å²) in [6.07, 6.45) is 13.2. The van der Waals surface area contributed by atoms with Crippen molar-refractivity contribution in [2.45, 2.75) is 105 Å². The second-order valence-electron chi connectivity index (χ2n) is 11.8. The van der Waals surface area contributed by atoms with E-state index in [1.165, 1.54) is 43.7 Å². The van der Waals surface area contributed by atoms with Gasteiger partial charge in [0, 0.05) is 13.3 Å². The molecule has 6 atom stereocenters. The topological polar surface area (TPSA) is 26.3 Å². The van der Waals surface area contributed by atoms with Crippen molar-refractivity contribution in [3.05, 3.63) is 46.0 Å². The highest BCUT2D eigenvalue weighted by molar-refractivity contribution is 5.66. The summed E-state index contributed by atoms with van der Waals surface area (Å²) >= 11 is 0. The van der Waals surface area contributed by atoms with Crippen LogP contribution in [0.2, 0.25) is 0 Å². The molecule has 0 radical (unpaired) electrons. The number of esters is 1. The molecule has 0 bridgehead atoms. The van der Waals surface area contributed by atoms with Crippen molar-refractivity contribution in [3.63, 3.8) is 0 Å². The molecule has 32 heavy (non-hydrogen) atoms. The van der Waals surface area contributed by atoms with Gasteiger partial charge in [-0.1, -0.05) is 52.8 Å².